The largest absolute Gasteiger partial charge is 0.236 e. The maximum absolute atomic E-state index is 8.66. The fraction of sp³-hybridized carbons (Fsp3) is 0. The van der Waals surface area contributed by atoms with Crippen molar-refractivity contribution in [3.63, 3.8) is 0 Å². The molecule has 0 unspecified atom stereocenters. The molecule has 2 aromatic heterocycles. The minimum absolute atomic E-state index is 0.483. The van der Waals surface area contributed by atoms with Gasteiger partial charge in [0.25, 0.3) is 0 Å². The van der Waals surface area contributed by atoms with Crippen LogP contribution < -0.4 is 0 Å². The van der Waals surface area contributed by atoms with Gasteiger partial charge in [-0.05, 0) is 22.0 Å². The third kappa shape index (κ3) is 0.889. The molecule has 0 aliphatic rings. The highest BCUT2D eigenvalue weighted by atomic mass is 79.9. The SMILES string of the molecule is N#Cc1cnn2c(Br)ccnc12. The van der Waals surface area contributed by atoms with Gasteiger partial charge >= 0.3 is 0 Å². The van der Waals surface area contributed by atoms with Gasteiger partial charge in [0.2, 0.25) is 0 Å². The summed E-state index contributed by atoms with van der Waals surface area (Å²) in [5.41, 5.74) is 1.06. The highest BCUT2D eigenvalue weighted by molar-refractivity contribution is 9.10. The monoisotopic (exact) mass is 222 g/mol. The summed E-state index contributed by atoms with van der Waals surface area (Å²) in [5.74, 6) is 0. The molecular formula is C7H3BrN4. The van der Waals surface area contributed by atoms with E-state index in [1.165, 1.54) is 6.20 Å². The van der Waals surface area contributed by atoms with Gasteiger partial charge in [0.15, 0.2) is 5.65 Å². The molecule has 0 bridgehead atoms. The first-order valence-electron chi connectivity index (χ1n) is 3.21. The number of aromatic nitrogens is 3. The molecule has 0 aliphatic carbocycles. The summed E-state index contributed by atoms with van der Waals surface area (Å²) in [6.07, 6.45) is 3.12. The van der Waals surface area contributed by atoms with Gasteiger partial charge in [-0.25, -0.2) is 9.50 Å². The molecule has 2 heterocycles. The van der Waals surface area contributed by atoms with Crippen molar-refractivity contribution >= 4 is 21.6 Å². The van der Waals surface area contributed by atoms with Crippen molar-refractivity contribution in [1.82, 2.24) is 14.6 Å². The summed E-state index contributed by atoms with van der Waals surface area (Å²) >= 11 is 3.29. The molecule has 0 aromatic carbocycles. The summed E-state index contributed by atoms with van der Waals surface area (Å²) in [6.45, 7) is 0. The van der Waals surface area contributed by atoms with Crippen LogP contribution in [0.15, 0.2) is 23.1 Å². The number of nitrogens with zero attached hydrogens (tertiary/aromatic N) is 4. The maximum Gasteiger partial charge on any atom is 0.174 e. The summed E-state index contributed by atoms with van der Waals surface area (Å²) in [7, 11) is 0. The molecule has 0 amide bonds. The molecule has 0 fully saturated rings. The van der Waals surface area contributed by atoms with Crippen LogP contribution in [-0.2, 0) is 0 Å². The van der Waals surface area contributed by atoms with Crippen LogP contribution in [0.5, 0.6) is 0 Å². The Morgan fingerprint density at radius 1 is 1.58 bits per heavy atom. The molecule has 0 radical (unpaired) electrons. The van der Waals surface area contributed by atoms with E-state index in [1.807, 2.05) is 6.07 Å². The van der Waals surface area contributed by atoms with Crippen LogP contribution in [0.25, 0.3) is 5.65 Å². The van der Waals surface area contributed by atoms with Gasteiger partial charge in [-0.15, -0.1) is 0 Å². The van der Waals surface area contributed by atoms with E-state index in [1.54, 1.807) is 16.8 Å². The lowest BCUT2D eigenvalue weighted by Crippen LogP contribution is -1.90. The zero-order valence-corrected chi connectivity index (χ0v) is 7.48. The second kappa shape index (κ2) is 2.57. The first-order chi connectivity index (χ1) is 5.83. The Morgan fingerprint density at radius 2 is 2.42 bits per heavy atom. The van der Waals surface area contributed by atoms with Crippen LogP contribution in [0, 0.1) is 11.3 Å². The molecule has 12 heavy (non-hydrogen) atoms. The van der Waals surface area contributed by atoms with Crippen molar-refractivity contribution in [3.8, 4) is 6.07 Å². The fourth-order valence-corrected chi connectivity index (χ4v) is 1.32. The maximum atomic E-state index is 8.66. The lowest BCUT2D eigenvalue weighted by molar-refractivity contribution is 0.914. The van der Waals surface area contributed by atoms with E-state index in [4.69, 9.17) is 5.26 Å². The normalized spacial score (nSPS) is 10.0. The van der Waals surface area contributed by atoms with E-state index in [2.05, 4.69) is 26.0 Å². The predicted molar refractivity (Wildman–Crippen MR) is 45.4 cm³/mol. The van der Waals surface area contributed by atoms with Crippen LogP contribution >= 0.6 is 15.9 Å². The number of nitriles is 1. The van der Waals surface area contributed by atoms with E-state index >= 15 is 0 Å². The third-order valence-corrected chi connectivity index (χ3v) is 2.08. The first-order valence-corrected chi connectivity index (χ1v) is 4.00. The molecule has 58 valence electrons. The van der Waals surface area contributed by atoms with Crippen LogP contribution in [0.3, 0.4) is 0 Å². The van der Waals surface area contributed by atoms with Gasteiger partial charge in [0.05, 0.1) is 6.20 Å². The van der Waals surface area contributed by atoms with Gasteiger partial charge in [0, 0.05) is 6.20 Å². The van der Waals surface area contributed by atoms with Crippen molar-refractivity contribution < 1.29 is 0 Å². The number of rotatable bonds is 0. The van der Waals surface area contributed by atoms with Crippen LogP contribution in [0.4, 0.5) is 0 Å². The Labute approximate surface area is 76.6 Å². The quantitative estimate of drug-likeness (QED) is 0.633. The van der Waals surface area contributed by atoms with Crippen LogP contribution in [0.1, 0.15) is 5.56 Å². The zero-order valence-electron chi connectivity index (χ0n) is 5.90. The average Bonchev–Trinajstić information content (AvgIpc) is 2.49. The smallest absolute Gasteiger partial charge is 0.174 e. The van der Waals surface area contributed by atoms with Crippen LogP contribution in [-0.4, -0.2) is 14.6 Å². The van der Waals surface area contributed by atoms with E-state index in [0.29, 0.717) is 11.2 Å². The van der Waals surface area contributed by atoms with Crippen molar-refractivity contribution in [2.45, 2.75) is 0 Å². The lowest BCUT2D eigenvalue weighted by atomic mass is 10.4. The topological polar surface area (TPSA) is 54.0 Å². The Hall–Kier alpha value is -1.41. The van der Waals surface area contributed by atoms with E-state index < -0.39 is 0 Å². The zero-order chi connectivity index (χ0) is 8.55. The fourth-order valence-electron chi connectivity index (χ4n) is 0.941. The highest BCUT2D eigenvalue weighted by Crippen LogP contribution is 2.12. The van der Waals surface area contributed by atoms with Gasteiger partial charge < -0.3 is 0 Å². The summed E-state index contributed by atoms with van der Waals surface area (Å²) in [5, 5.41) is 12.6. The molecule has 0 atom stereocenters. The Balaban J connectivity index is 2.91. The molecule has 5 heteroatoms. The molecule has 2 rings (SSSR count). The number of hydrogen-bond acceptors (Lipinski definition) is 3. The molecule has 0 spiro atoms. The Morgan fingerprint density at radius 3 is 3.17 bits per heavy atom. The van der Waals surface area contributed by atoms with Gasteiger partial charge in [-0.3, -0.25) is 0 Å². The Kier molecular flexibility index (Phi) is 1.55. The van der Waals surface area contributed by atoms with Crippen molar-refractivity contribution in [2.75, 3.05) is 0 Å². The highest BCUT2D eigenvalue weighted by Gasteiger charge is 2.04. The Bertz CT molecular complexity index is 468. The van der Waals surface area contributed by atoms with Crippen LogP contribution in [0.2, 0.25) is 0 Å². The summed E-state index contributed by atoms with van der Waals surface area (Å²) in [6, 6.07) is 3.78. The van der Waals surface area contributed by atoms with Gasteiger partial charge in [-0.2, -0.15) is 10.4 Å². The number of halogens is 1. The van der Waals surface area contributed by atoms with E-state index in [0.717, 1.165) is 4.60 Å². The predicted octanol–water partition coefficient (Wildman–Crippen LogP) is 1.36. The number of hydrogen-bond donors (Lipinski definition) is 0. The van der Waals surface area contributed by atoms with Gasteiger partial charge in [0.1, 0.15) is 16.2 Å². The molecule has 0 aliphatic heterocycles. The molecule has 0 N–H and O–H groups in total. The molecular weight excluding hydrogens is 220 g/mol. The van der Waals surface area contributed by atoms with E-state index in [-0.39, 0.29) is 0 Å². The van der Waals surface area contributed by atoms with Crippen molar-refractivity contribution in [1.29, 1.82) is 5.26 Å². The molecule has 4 nitrogen and oxygen atoms in total. The summed E-state index contributed by atoms with van der Waals surface area (Å²) < 4.78 is 2.35. The first kappa shape index (κ1) is 7.25. The second-order valence-corrected chi connectivity index (χ2v) is 2.99. The third-order valence-electron chi connectivity index (χ3n) is 1.48. The van der Waals surface area contributed by atoms with E-state index in [9.17, 15) is 0 Å². The summed E-state index contributed by atoms with van der Waals surface area (Å²) in [4.78, 5) is 4.02. The lowest BCUT2D eigenvalue weighted by Gasteiger charge is -1.93. The standard InChI is InChI=1S/C7H3BrN4/c8-6-1-2-10-7-5(3-9)4-11-12(6)7/h1-2,4H. The molecule has 0 saturated carbocycles. The minimum Gasteiger partial charge on any atom is -0.236 e. The van der Waals surface area contributed by atoms with Crippen molar-refractivity contribution in [2.24, 2.45) is 0 Å². The minimum atomic E-state index is 0.483. The average molecular weight is 223 g/mol. The number of fused-ring (bicyclic) bond motifs is 1. The second-order valence-electron chi connectivity index (χ2n) is 2.17. The molecule has 0 saturated heterocycles. The van der Waals surface area contributed by atoms with Gasteiger partial charge in [-0.1, -0.05) is 0 Å². The molecule has 2 aromatic rings. The van der Waals surface area contributed by atoms with Crippen molar-refractivity contribution in [3.05, 3.63) is 28.6 Å².